The summed E-state index contributed by atoms with van der Waals surface area (Å²) >= 11 is 0. The van der Waals surface area contributed by atoms with E-state index in [1.54, 1.807) is 17.2 Å². The molecule has 0 unspecified atom stereocenters. The Labute approximate surface area is 205 Å². The van der Waals surface area contributed by atoms with Crippen molar-refractivity contribution in [1.82, 2.24) is 9.58 Å². The van der Waals surface area contributed by atoms with Gasteiger partial charge in [0.1, 0.15) is 19.3 Å². The maximum Gasteiger partial charge on any atom is 0.278 e. The maximum absolute atomic E-state index is 15.2. The summed E-state index contributed by atoms with van der Waals surface area (Å²) in [5.41, 5.74) is 1.43. The fourth-order valence-corrected chi connectivity index (χ4v) is 5.06. The molecule has 36 heavy (non-hydrogen) atoms. The summed E-state index contributed by atoms with van der Waals surface area (Å²) in [5, 5.41) is 12.4. The van der Waals surface area contributed by atoms with Gasteiger partial charge in [0.2, 0.25) is 11.2 Å². The van der Waals surface area contributed by atoms with Gasteiger partial charge in [-0.05, 0) is 48.1 Å². The number of pyridine rings is 1. The first-order valence-corrected chi connectivity index (χ1v) is 11.8. The topological polar surface area (TPSA) is 75.0 Å². The number of aromatic nitrogens is 1. The SMILES string of the molecule is O=C1c2c(O)c(=O)ccn2N2CN1C/C=C\COc1c(ccc(F)c1F)[C@@H]2c1ccccc1C1CC1. The van der Waals surface area contributed by atoms with E-state index in [9.17, 15) is 19.1 Å². The molecule has 1 aliphatic carbocycles. The minimum atomic E-state index is -1.10. The van der Waals surface area contributed by atoms with Gasteiger partial charge in [-0.15, -0.1) is 0 Å². The smallest absolute Gasteiger partial charge is 0.278 e. The fourth-order valence-electron chi connectivity index (χ4n) is 5.06. The van der Waals surface area contributed by atoms with Crippen LogP contribution in [0.25, 0.3) is 0 Å². The zero-order valence-electron chi connectivity index (χ0n) is 19.2. The molecule has 7 nitrogen and oxygen atoms in total. The number of fused-ring (bicyclic) bond motifs is 5. The molecule has 0 spiro atoms. The lowest BCUT2D eigenvalue weighted by molar-refractivity contribution is 0.0701. The van der Waals surface area contributed by atoms with Crippen LogP contribution in [0.4, 0.5) is 8.78 Å². The average Bonchev–Trinajstić information content (AvgIpc) is 3.72. The molecular formula is C27H23F2N3O4. The van der Waals surface area contributed by atoms with Crippen LogP contribution in [0.2, 0.25) is 0 Å². The number of aromatic hydroxyl groups is 1. The molecule has 2 aromatic carbocycles. The molecule has 184 valence electrons. The maximum atomic E-state index is 15.2. The number of amides is 1. The fraction of sp³-hybridized carbons (Fsp3) is 0.259. The Morgan fingerprint density at radius 2 is 1.72 bits per heavy atom. The van der Waals surface area contributed by atoms with Crippen LogP contribution < -0.4 is 15.2 Å². The largest absolute Gasteiger partial charge is 0.502 e. The molecule has 0 saturated heterocycles. The highest BCUT2D eigenvalue weighted by Crippen LogP contribution is 2.47. The molecule has 1 saturated carbocycles. The van der Waals surface area contributed by atoms with Crippen LogP contribution in [0.3, 0.4) is 0 Å². The second kappa shape index (κ2) is 8.51. The molecule has 1 N–H and O–H groups in total. The van der Waals surface area contributed by atoms with Crippen LogP contribution in [0.5, 0.6) is 11.5 Å². The molecule has 3 heterocycles. The molecule has 6 rings (SSSR count). The first kappa shape index (κ1) is 22.3. The van der Waals surface area contributed by atoms with E-state index in [2.05, 4.69) is 0 Å². The molecular weight excluding hydrogens is 468 g/mol. The Balaban J connectivity index is 1.67. The number of nitrogens with zero attached hydrogens (tertiary/aromatic N) is 3. The second-order valence-electron chi connectivity index (χ2n) is 9.20. The highest BCUT2D eigenvalue weighted by molar-refractivity contribution is 5.96. The highest BCUT2D eigenvalue weighted by Gasteiger charge is 2.40. The Bertz CT molecular complexity index is 1460. The van der Waals surface area contributed by atoms with Crippen LogP contribution in [0.15, 0.2) is 65.6 Å². The Morgan fingerprint density at radius 1 is 0.944 bits per heavy atom. The number of carbonyl (C=O) groups is 1. The van der Waals surface area contributed by atoms with Crippen LogP contribution in [-0.4, -0.2) is 40.4 Å². The Hall–Kier alpha value is -4.14. The summed E-state index contributed by atoms with van der Waals surface area (Å²) in [5.74, 6) is -3.17. The molecule has 2 bridgehead atoms. The van der Waals surface area contributed by atoms with E-state index in [1.165, 1.54) is 27.9 Å². The number of hydrogen-bond donors (Lipinski definition) is 1. The summed E-state index contributed by atoms with van der Waals surface area (Å²) in [6, 6.07) is 10.8. The van der Waals surface area contributed by atoms with Crippen molar-refractivity contribution in [2.75, 3.05) is 24.8 Å². The van der Waals surface area contributed by atoms with Crippen LogP contribution in [0, 0.1) is 11.6 Å². The highest BCUT2D eigenvalue weighted by atomic mass is 19.2. The van der Waals surface area contributed by atoms with Gasteiger partial charge in [-0.25, -0.2) is 4.39 Å². The first-order chi connectivity index (χ1) is 17.5. The third kappa shape index (κ3) is 3.54. The molecule has 1 aromatic heterocycles. The Kier molecular flexibility index (Phi) is 5.28. The molecule has 1 fully saturated rings. The molecule has 2 aliphatic heterocycles. The summed E-state index contributed by atoms with van der Waals surface area (Å²) in [7, 11) is 0. The molecule has 1 amide bonds. The number of carbonyl (C=O) groups excluding carboxylic acids is 1. The van der Waals surface area contributed by atoms with Crippen molar-refractivity contribution < 1.29 is 23.4 Å². The van der Waals surface area contributed by atoms with Crippen molar-refractivity contribution in [2.24, 2.45) is 0 Å². The Morgan fingerprint density at radius 3 is 2.50 bits per heavy atom. The number of hydrogen-bond acceptors (Lipinski definition) is 5. The standard InChI is InChI=1S/C27H23F2N3O4/c28-20-10-9-19-23(18-6-2-1-5-17(18)16-7-8-16)32-15-30(12-3-4-14-36-26(19)22(20)29)27(35)24-25(34)21(33)11-13-31(24)32/h1-6,9-11,13,16,23,34H,7-8,12,14-15H2/b4-3-/t23-/m0/s1. The molecule has 0 radical (unpaired) electrons. The van der Waals surface area contributed by atoms with Crippen LogP contribution >= 0.6 is 0 Å². The molecule has 3 aromatic rings. The van der Waals surface area contributed by atoms with E-state index in [-0.39, 0.29) is 31.3 Å². The van der Waals surface area contributed by atoms with Crippen molar-refractivity contribution >= 4 is 5.91 Å². The zero-order valence-corrected chi connectivity index (χ0v) is 19.2. The van der Waals surface area contributed by atoms with Crippen molar-refractivity contribution in [2.45, 2.75) is 24.8 Å². The van der Waals surface area contributed by atoms with Crippen molar-refractivity contribution in [3.8, 4) is 11.5 Å². The van der Waals surface area contributed by atoms with Crippen molar-refractivity contribution in [1.29, 1.82) is 0 Å². The third-order valence-corrected chi connectivity index (χ3v) is 6.93. The average molecular weight is 491 g/mol. The van der Waals surface area contributed by atoms with Crippen molar-refractivity contribution in [3.05, 3.63) is 105 Å². The van der Waals surface area contributed by atoms with Gasteiger partial charge in [-0.3, -0.25) is 19.3 Å². The van der Waals surface area contributed by atoms with E-state index in [4.69, 9.17) is 4.74 Å². The number of ether oxygens (including phenoxy) is 1. The van der Waals surface area contributed by atoms with E-state index in [0.29, 0.717) is 11.5 Å². The van der Waals surface area contributed by atoms with Gasteiger partial charge in [-0.2, -0.15) is 4.39 Å². The van der Waals surface area contributed by atoms with E-state index < -0.39 is 34.8 Å². The first-order valence-electron chi connectivity index (χ1n) is 11.8. The van der Waals surface area contributed by atoms with E-state index in [1.807, 2.05) is 24.3 Å². The zero-order chi connectivity index (χ0) is 25.0. The van der Waals surface area contributed by atoms with Gasteiger partial charge < -0.3 is 14.7 Å². The quantitative estimate of drug-likeness (QED) is 0.552. The van der Waals surface area contributed by atoms with E-state index in [0.717, 1.165) is 30.0 Å². The van der Waals surface area contributed by atoms with Gasteiger partial charge >= 0.3 is 0 Å². The monoisotopic (exact) mass is 491 g/mol. The predicted octanol–water partition coefficient (Wildman–Crippen LogP) is 3.80. The normalized spacial score (nSPS) is 20.2. The number of benzene rings is 2. The van der Waals surface area contributed by atoms with Crippen LogP contribution in [0.1, 0.15) is 52.0 Å². The minimum absolute atomic E-state index is 0.0254. The van der Waals surface area contributed by atoms with Gasteiger partial charge in [0, 0.05) is 24.4 Å². The second-order valence-corrected chi connectivity index (χ2v) is 9.20. The number of rotatable bonds is 2. The third-order valence-electron chi connectivity index (χ3n) is 6.93. The number of halogens is 2. The lowest BCUT2D eigenvalue weighted by Gasteiger charge is -2.44. The lowest BCUT2D eigenvalue weighted by atomic mass is 9.91. The minimum Gasteiger partial charge on any atom is -0.502 e. The lowest BCUT2D eigenvalue weighted by Crippen LogP contribution is -2.55. The van der Waals surface area contributed by atoms with Gasteiger partial charge in [0.05, 0.1) is 0 Å². The van der Waals surface area contributed by atoms with Gasteiger partial charge in [0.15, 0.2) is 23.0 Å². The van der Waals surface area contributed by atoms with Gasteiger partial charge in [-0.1, -0.05) is 30.3 Å². The van der Waals surface area contributed by atoms with Gasteiger partial charge in [0.25, 0.3) is 5.91 Å². The molecule has 1 atom stereocenters. The molecule has 3 aliphatic rings. The van der Waals surface area contributed by atoms with Crippen LogP contribution in [-0.2, 0) is 0 Å². The van der Waals surface area contributed by atoms with Crippen molar-refractivity contribution in [3.63, 3.8) is 0 Å². The predicted molar refractivity (Wildman–Crippen MR) is 128 cm³/mol. The summed E-state index contributed by atoms with van der Waals surface area (Å²) in [4.78, 5) is 27.1. The summed E-state index contributed by atoms with van der Waals surface area (Å²) < 4.78 is 36.8. The molecule has 9 heteroatoms. The van der Waals surface area contributed by atoms with E-state index >= 15 is 4.39 Å². The summed E-state index contributed by atoms with van der Waals surface area (Å²) in [6.45, 7) is 0.217. The summed E-state index contributed by atoms with van der Waals surface area (Å²) in [6.07, 6.45) is 6.76.